The zero-order valence-electron chi connectivity index (χ0n) is 18.0. The molecule has 0 spiro atoms. The number of rotatable bonds is 3. The predicted octanol–water partition coefficient (Wildman–Crippen LogP) is 4.99. The molecule has 1 aromatic carbocycles. The Hall–Kier alpha value is -0.618. The first-order valence-electron chi connectivity index (χ1n) is 9.90. The van der Waals surface area contributed by atoms with Crippen LogP contribution in [0.15, 0.2) is 18.2 Å². The highest BCUT2D eigenvalue weighted by Crippen LogP contribution is 2.44. The largest absolute Gasteiger partial charge is 0.559 e. The Bertz CT molecular complexity index is 675. The lowest BCUT2D eigenvalue weighted by atomic mass is 9.75. The van der Waals surface area contributed by atoms with E-state index in [1.54, 1.807) is 0 Å². The molecular formula is C21H35BO3Si-. The average molecular weight is 374 g/mol. The van der Waals surface area contributed by atoms with Gasteiger partial charge in [-0.25, -0.2) is 0 Å². The minimum Gasteiger partial charge on any atom is -0.559 e. The van der Waals surface area contributed by atoms with Gasteiger partial charge < -0.3 is 13.7 Å². The van der Waals surface area contributed by atoms with Crippen molar-refractivity contribution in [2.24, 2.45) is 0 Å². The fourth-order valence-electron chi connectivity index (χ4n) is 3.49. The molecule has 3 rings (SSSR count). The third-order valence-electron chi connectivity index (χ3n) is 7.00. The van der Waals surface area contributed by atoms with Gasteiger partial charge in [-0.15, -0.1) is 18.1 Å². The van der Waals surface area contributed by atoms with Gasteiger partial charge in [-0.05, 0) is 65.4 Å². The maximum Gasteiger partial charge on any atom is 0.495 e. The summed E-state index contributed by atoms with van der Waals surface area (Å²) in [4.78, 5) is 0. The van der Waals surface area contributed by atoms with Crippen molar-refractivity contribution in [1.82, 2.24) is 0 Å². The molecule has 145 valence electrons. The molecule has 0 amide bonds. The summed E-state index contributed by atoms with van der Waals surface area (Å²) < 4.78 is 19.4. The monoisotopic (exact) mass is 374 g/mol. The lowest BCUT2D eigenvalue weighted by molar-refractivity contribution is 0.00578. The van der Waals surface area contributed by atoms with E-state index in [4.69, 9.17) is 13.7 Å². The van der Waals surface area contributed by atoms with Crippen LogP contribution in [0.5, 0.6) is 0 Å². The third kappa shape index (κ3) is 3.32. The van der Waals surface area contributed by atoms with E-state index in [-0.39, 0.29) is 29.5 Å². The first-order chi connectivity index (χ1) is 11.8. The minimum absolute atomic E-state index is 0.202. The highest BCUT2D eigenvalue weighted by atomic mass is 28.4. The van der Waals surface area contributed by atoms with E-state index in [1.165, 1.54) is 16.6 Å². The van der Waals surface area contributed by atoms with Crippen molar-refractivity contribution in [1.29, 1.82) is 0 Å². The number of fused-ring (bicyclic) bond motifs is 1. The van der Waals surface area contributed by atoms with Gasteiger partial charge in [0.05, 0.1) is 11.2 Å². The van der Waals surface area contributed by atoms with Crippen LogP contribution in [0.2, 0.25) is 18.1 Å². The fourth-order valence-corrected chi connectivity index (χ4v) is 4.80. The molecule has 1 atom stereocenters. The minimum atomic E-state index is -1.80. The second kappa shape index (κ2) is 6.20. The molecule has 3 nitrogen and oxygen atoms in total. The molecule has 0 aromatic heterocycles. The Labute approximate surface area is 161 Å². The van der Waals surface area contributed by atoms with Crippen LogP contribution in [-0.2, 0) is 20.2 Å². The van der Waals surface area contributed by atoms with E-state index in [2.05, 4.69) is 79.8 Å². The van der Waals surface area contributed by atoms with Gasteiger partial charge in [0.15, 0.2) is 0 Å². The van der Waals surface area contributed by atoms with E-state index in [0.717, 1.165) is 12.8 Å². The molecule has 1 saturated heterocycles. The molecule has 1 aliphatic heterocycles. The van der Waals surface area contributed by atoms with Crippen molar-refractivity contribution in [3.63, 3.8) is 0 Å². The Morgan fingerprint density at radius 2 is 1.65 bits per heavy atom. The van der Waals surface area contributed by atoms with Crippen LogP contribution in [0.25, 0.3) is 0 Å². The number of hydrogen-bond donors (Lipinski definition) is 0. The van der Waals surface area contributed by atoms with Crippen LogP contribution in [-0.4, -0.2) is 26.6 Å². The van der Waals surface area contributed by atoms with Crippen LogP contribution in [0.4, 0.5) is 0 Å². The van der Waals surface area contributed by atoms with Gasteiger partial charge in [-0.2, -0.15) is 0 Å². The van der Waals surface area contributed by atoms with E-state index in [0.29, 0.717) is 0 Å². The van der Waals surface area contributed by atoms with Crippen LogP contribution in [0, 0.1) is 0 Å². The maximum atomic E-state index is 6.75. The first-order valence-corrected chi connectivity index (χ1v) is 12.8. The second-order valence-corrected chi connectivity index (χ2v) is 15.2. The van der Waals surface area contributed by atoms with E-state index in [1.807, 2.05) is 0 Å². The predicted molar refractivity (Wildman–Crippen MR) is 112 cm³/mol. The molecule has 0 N–H and O–H groups in total. The Morgan fingerprint density at radius 1 is 1.08 bits per heavy atom. The zero-order valence-corrected chi connectivity index (χ0v) is 19.0. The quantitative estimate of drug-likeness (QED) is 0.697. The summed E-state index contributed by atoms with van der Waals surface area (Å²) in [6.07, 6.45) is 2.29. The lowest BCUT2D eigenvalue weighted by Gasteiger charge is -2.50. The summed E-state index contributed by atoms with van der Waals surface area (Å²) in [5.74, 6) is 0. The van der Waals surface area contributed by atoms with Crippen molar-refractivity contribution < 1.29 is 13.7 Å². The lowest BCUT2D eigenvalue weighted by Crippen LogP contribution is -2.41. The molecule has 1 aromatic rings. The molecule has 0 unspecified atom stereocenters. The van der Waals surface area contributed by atoms with Gasteiger partial charge in [0.1, 0.15) is 0 Å². The average Bonchev–Trinajstić information content (AvgIpc) is 2.96. The van der Waals surface area contributed by atoms with Crippen molar-refractivity contribution in [2.75, 3.05) is 0 Å². The van der Waals surface area contributed by atoms with Crippen molar-refractivity contribution in [3.8, 4) is 0 Å². The van der Waals surface area contributed by atoms with Crippen LogP contribution < -0.4 is 5.46 Å². The third-order valence-corrected chi connectivity index (χ3v) is 11.5. The van der Waals surface area contributed by atoms with Crippen molar-refractivity contribution in [3.05, 3.63) is 29.3 Å². The van der Waals surface area contributed by atoms with Crippen molar-refractivity contribution in [2.45, 2.75) is 96.7 Å². The molecule has 26 heavy (non-hydrogen) atoms. The summed E-state index contributed by atoms with van der Waals surface area (Å²) >= 11 is 0. The van der Waals surface area contributed by atoms with Gasteiger partial charge >= 0.3 is 7.12 Å². The van der Waals surface area contributed by atoms with Crippen LogP contribution in [0.3, 0.4) is 0 Å². The molecule has 1 heterocycles. The molecule has 5 heteroatoms. The number of benzene rings is 1. The Kier molecular flexibility index (Phi) is 4.80. The van der Waals surface area contributed by atoms with Crippen LogP contribution in [0.1, 0.15) is 72.1 Å². The molecule has 0 saturated carbocycles. The van der Waals surface area contributed by atoms with Gasteiger partial charge in [0.25, 0.3) is 0 Å². The molecule has 0 radical (unpaired) electrons. The highest BCUT2D eigenvalue weighted by Gasteiger charge is 2.52. The normalized spacial score (nSPS) is 24.8. The summed E-state index contributed by atoms with van der Waals surface area (Å²) in [6, 6.07) is 6.52. The van der Waals surface area contributed by atoms with Crippen LogP contribution >= 0.6 is 0 Å². The summed E-state index contributed by atoms with van der Waals surface area (Å²) in [5, 5.41) is 0.221. The smallest absolute Gasteiger partial charge is 0.495 e. The maximum absolute atomic E-state index is 6.75. The number of hydrogen-bond acceptors (Lipinski definition) is 3. The topological polar surface area (TPSA) is 27.7 Å². The van der Waals surface area contributed by atoms with Gasteiger partial charge in [-0.3, -0.25) is 0 Å². The molecular weight excluding hydrogens is 339 g/mol. The van der Waals surface area contributed by atoms with Gasteiger partial charge in [-0.1, -0.05) is 39.0 Å². The summed E-state index contributed by atoms with van der Waals surface area (Å²) in [5.41, 5.74) is 3.27. The summed E-state index contributed by atoms with van der Waals surface area (Å²) in [7, 11) is -2.09. The zero-order chi connectivity index (χ0) is 19.5. The highest BCUT2D eigenvalue weighted by molar-refractivity contribution is 6.74. The Morgan fingerprint density at radius 3 is 2.19 bits per heavy atom. The molecule has 0 bridgehead atoms. The first kappa shape index (κ1) is 20.1. The molecule has 1 aliphatic carbocycles. The van der Waals surface area contributed by atoms with E-state index in [9.17, 15) is 0 Å². The standard InChI is InChI=1S/C21H35BO3Si/c1-19(2,3)26(8,9)23-18-14-13-15-16(18)11-10-12-17(15)22-24-20(4,5)21(6,7)25-22/h10-12,18H,13-14H2,1-9H3/q-1/t18-/m0/s1. The second-order valence-electron chi connectivity index (χ2n) is 10.4. The molecule has 2 aliphatic rings. The summed E-state index contributed by atoms with van der Waals surface area (Å²) in [6.45, 7) is 20.0. The van der Waals surface area contributed by atoms with Gasteiger partial charge in [0, 0.05) is 6.10 Å². The molecule has 1 fully saturated rings. The van der Waals surface area contributed by atoms with E-state index < -0.39 is 8.32 Å². The van der Waals surface area contributed by atoms with E-state index >= 15 is 0 Å². The fraction of sp³-hybridized carbons (Fsp3) is 0.714. The Balaban J connectivity index is 1.88. The van der Waals surface area contributed by atoms with Gasteiger partial charge in [0.2, 0.25) is 0 Å². The SMILES string of the molecule is CC1(C)OB(c2cccc3c2CC[C@@H]3O[Si-](C)(C)C(C)(C)C)OC1(C)C. The van der Waals surface area contributed by atoms with Crippen molar-refractivity contribution >= 4 is 20.9 Å².